The Balaban J connectivity index is 1.59. The summed E-state index contributed by atoms with van der Waals surface area (Å²) in [6.45, 7) is 2.61. The monoisotopic (exact) mass is 595 g/mol. The quantitative estimate of drug-likeness (QED) is 0.352. The van der Waals surface area contributed by atoms with Crippen LogP contribution in [-0.4, -0.2) is 61.2 Å². The summed E-state index contributed by atoms with van der Waals surface area (Å²) in [7, 11) is -1.74. The van der Waals surface area contributed by atoms with Gasteiger partial charge in [0, 0.05) is 92.1 Å². The number of pyridine rings is 1. The maximum absolute atomic E-state index is 15.6. The Kier molecular flexibility index (Phi) is 7.14. The lowest BCUT2D eigenvalue weighted by molar-refractivity contribution is -0.131. The molecule has 1 atom stereocenters. The van der Waals surface area contributed by atoms with Crippen molar-refractivity contribution in [2.24, 2.45) is 7.05 Å². The number of aryl methyl sites for hydroxylation is 1. The third-order valence-electron chi connectivity index (χ3n) is 8.02. The maximum Gasteiger partial charge on any atom is 0.274 e. The minimum atomic E-state index is -3.37. The summed E-state index contributed by atoms with van der Waals surface area (Å²) in [5.41, 5.74) is 3.22. The highest BCUT2D eigenvalue weighted by Crippen LogP contribution is 2.50. The standard InChI is InChI=1S/C30H31F2N5O4S/c1-35-16-22-20-13-18(17-42(2,40)41)3-5-24(20)37(26-6-4-19(31)14-23(26)32)25(21-15-34-29(28(21)22)30(35)39)7-8-27(38)36-11-9-33-10-12-36/h3-6,13-16,25,33-34H,7-12,17H2,1-2H3. The number of hydrogen-bond donors (Lipinski definition) is 2. The smallest absolute Gasteiger partial charge is 0.274 e. The number of carbonyl (C=O) groups excluding carboxylic acids is 1. The third-order valence-corrected chi connectivity index (χ3v) is 8.88. The van der Waals surface area contributed by atoms with Crippen molar-refractivity contribution in [3.63, 3.8) is 0 Å². The second-order valence-corrected chi connectivity index (χ2v) is 13.2. The van der Waals surface area contributed by atoms with Crippen LogP contribution in [0.5, 0.6) is 0 Å². The summed E-state index contributed by atoms with van der Waals surface area (Å²) in [6, 6.07) is 7.90. The van der Waals surface area contributed by atoms with Crippen LogP contribution >= 0.6 is 0 Å². The van der Waals surface area contributed by atoms with Crippen molar-refractivity contribution in [1.82, 2.24) is 19.8 Å². The van der Waals surface area contributed by atoms with Gasteiger partial charge in [0.15, 0.2) is 9.84 Å². The van der Waals surface area contributed by atoms with Crippen molar-refractivity contribution < 1.29 is 22.0 Å². The molecule has 220 valence electrons. The Hall–Kier alpha value is -4.03. The number of halogens is 2. The van der Waals surface area contributed by atoms with Gasteiger partial charge >= 0.3 is 0 Å². The molecular formula is C30H31F2N5O4S. The van der Waals surface area contributed by atoms with Crippen LogP contribution < -0.4 is 15.8 Å². The molecule has 0 spiro atoms. The Morgan fingerprint density at radius 2 is 1.79 bits per heavy atom. The summed E-state index contributed by atoms with van der Waals surface area (Å²) in [6.07, 6.45) is 5.01. The van der Waals surface area contributed by atoms with Gasteiger partial charge in [-0.2, -0.15) is 0 Å². The molecule has 2 aliphatic rings. The molecule has 6 rings (SSSR count). The van der Waals surface area contributed by atoms with Gasteiger partial charge in [0.05, 0.1) is 17.5 Å². The molecule has 1 amide bonds. The van der Waals surface area contributed by atoms with Crippen LogP contribution in [0.15, 0.2) is 53.6 Å². The number of nitrogens with zero attached hydrogens (tertiary/aromatic N) is 3. The Morgan fingerprint density at radius 1 is 1.05 bits per heavy atom. The fourth-order valence-corrected chi connectivity index (χ4v) is 6.94. The molecule has 1 fully saturated rings. The van der Waals surface area contributed by atoms with Gasteiger partial charge in [0.2, 0.25) is 5.91 Å². The second-order valence-electron chi connectivity index (χ2n) is 11.0. The van der Waals surface area contributed by atoms with Crippen LogP contribution in [-0.2, 0) is 27.4 Å². The topological polar surface area (TPSA) is 108 Å². The van der Waals surface area contributed by atoms with E-state index in [9.17, 15) is 22.4 Å². The first-order valence-corrected chi connectivity index (χ1v) is 15.8. The van der Waals surface area contributed by atoms with E-state index in [-0.39, 0.29) is 35.7 Å². The van der Waals surface area contributed by atoms with Crippen LogP contribution in [0.1, 0.15) is 30.0 Å². The van der Waals surface area contributed by atoms with E-state index in [4.69, 9.17) is 0 Å². The number of amides is 1. The number of nitrogens with one attached hydrogen (secondary N) is 2. The van der Waals surface area contributed by atoms with Gasteiger partial charge < -0.3 is 24.7 Å². The molecule has 9 nitrogen and oxygen atoms in total. The maximum atomic E-state index is 15.6. The number of fused-ring (bicyclic) bond motifs is 2. The molecule has 4 aromatic rings. The van der Waals surface area contributed by atoms with E-state index in [0.29, 0.717) is 65.0 Å². The molecule has 2 aliphatic heterocycles. The van der Waals surface area contributed by atoms with Crippen molar-refractivity contribution >= 4 is 38.0 Å². The van der Waals surface area contributed by atoms with E-state index in [1.165, 1.54) is 16.7 Å². The summed E-state index contributed by atoms with van der Waals surface area (Å²) in [5, 5.41) is 3.86. The van der Waals surface area contributed by atoms with E-state index < -0.39 is 27.5 Å². The average Bonchev–Trinajstić information content (AvgIpc) is 3.34. The zero-order valence-corrected chi connectivity index (χ0v) is 24.1. The van der Waals surface area contributed by atoms with E-state index >= 15 is 4.39 Å². The molecule has 12 heteroatoms. The molecular weight excluding hydrogens is 564 g/mol. The Bertz CT molecular complexity index is 1880. The number of piperazine rings is 1. The minimum absolute atomic E-state index is 0.0278. The Morgan fingerprint density at radius 3 is 2.50 bits per heavy atom. The lowest BCUT2D eigenvalue weighted by Gasteiger charge is -2.35. The van der Waals surface area contributed by atoms with Gasteiger partial charge in [0.1, 0.15) is 17.2 Å². The van der Waals surface area contributed by atoms with E-state index in [2.05, 4.69) is 10.3 Å². The number of anilines is 2. The highest BCUT2D eigenvalue weighted by atomic mass is 32.2. The molecule has 1 unspecified atom stereocenters. The fraction of sp³-hybridized carbons (Fsp3) is 0.333. The third kappa shape index (κ3) is 5.09. The van der Waals surface area contributed by atoms with Gasteiger partial charge in [-0.3, -0.25) is 9.59 Å². The lowest BCUT2D eigenvalue weighted by Crippen LogP contribution is -2.46. The number of benzene rings is 2. The van der Waals surface area contributed by atoms with Gasteiger partial charge in [-0.25, -0.2) is 17.2 Å². The number of aromatic amines is 1. The summed E-state index contributed by atoms with van der Waals surface area (Å²) >= 11 is 0. The molecule has 0 aliphatic carbocycles. The van der Waals surface area contributed by atoms with Crippen molar-refractivity contribution in [3.05, 3.63) is 81.9 Å². The van der Waals surface area contributed by atoms with E-state index in [1.54, 1.807) is 47.4 Å². The van der Waals surface area contributed by atoms with Gasteiger partial charge in [-0.05, 0) is 36.2 Å². The summed E-state index contributed by atoms with van der Waals surface area (Å²) < 4.78 is 55.5. The molecule has 2 aromatic carbocycles. The zero-order chi connectivity index (χ0) is 29.8. The number of rotatable bonds is 6. The number of aromatic nitrogens is 2. The Labute approximate surface area is 241 Å². The molecule has 1 saturated heterocycles. The van der Waals surface area contributed by atoms with Crippen molar-refractivity contribution in [2.75, 3.05) is 37.3 Å². The predicted octanol–water partition coefficient (Wildman–Crippen LogP) is 3.76. The molecule has 2 aromatic heterocycles. The molecule has 2 N–H and O–H groups in total. The number of carbonyl (C=O) groups is 1. The first-order chi connectivity index (χ1) is 20.0. The number of sulfone groups is 1. The average molecular weight is 596 g/mol. The first kappa shape index (κ1) is 28.1. The van der Waals surface area contributed by atoms with Gasteiger partial charge in [0.25, 0.3) is 5.56 Å². The summed E-state index contributed by atoms with van der Waals surface area (Å²) in [4.78, 5) is 33.1. The largest absolute Gasteiger partial charge is 0.356 e. The van der Waals surface area contributed by atoms with Gasteiger partial charge in [-0.1, -0.05) is 6.07 Å². The normalized spacial score (nSPS) is 16.9. The number of H-pyrrole nitrogens is 1. The van der Waals surface area contributed by atoms with E-state index in [1.807, 2.05) is 0 Å². The van der Waals surface area contributed by atoms with Crippen molar-refractivity contribution in [1.29, 1.82) is 0 Å². The molecule has 0 saturated carbocycles. The predicted molar refractivity (Wildman–Crippen MR) is 157 cm³/mol. The minimum Gasteiger partial charge on any atom is -0.356 e. The molecule has 0 bridgehead atoms. The van der Waals surface area contributed by atoms with Gasteiger partial charge in [-0.15, -0.1) is 0 Å². The van der Waals surface area contributed by atoms with Crippen LogP contribution in [0.3, 0.4) is 0 Å². The van der Waals surface area contributed by atoms with Crippen molar-refractivity contribution in [3.8, 4) is 11.1 Å². The highest BCUT2D eigenvalue weighted by Gasteiger charge is 2.35. The van der Waals surface area contributed by atoms with Crippen LogP contribution in [0.4, 0.5) is 20.2 Å². The zero-order valence-electron chi connectivity index (χ0n) is 23.3. The molecule has 4 heterocycles. The van der Waals surface area contributed by atoms with E-state index in [0.717, 1.165) is 12.3 Å². The fourth-order valence-electron chi connectivity index (χ4n) is 6.16. The summed E-state index contributed by atoms with van der Waals surface area (Å²) in [5.74, 6) is -1.74. The molecule has 0 radical (unpaired) electrons. The van der Waals surface area contributed by atoms with Crippen LogP contribution in [0, 0.1) is 11.6 Å². The SMILES string of the molecule is Cn1cc2c3c(c[nH]c3c1=O)C(CCC(=O)N1CCNCC1)N(c1ccc(F)cc1F)c1ccc(CS(C)(=O)=O)cc1-2. The molecule has 42 heavy (non-hydrogen) atoms. The number of hydrogen-bond acceptors (Lipinski definition) is 6. The highest BCUT2D eigenvalue weighted by molar-refractivity contribution is 7.89. The lowest BCUT2D eigenvalue weighted by atomic mass is 9.97. The second kappa shape index (κ2) is 10.7. The van der Waals surface area contributed by atoms with Crippen LogP contribution in [0.2, 0.25) is 0 Å². The van der Waals surface area contributed by atoms with Crippen molar-refractivity contribution in [2.45, 2.75) is 24.6 Å². The first-order valence-electron chi connectivity index (χ1n) is 13.8. The van der Waals surface area contributed by atoms with Crippen LogP contribution in [0.25, 0.3) is 22.0 Å².